The van der Waals surface area contributed by atoms with Gasteiger partial charge < -0.3 is 14.8 Å². The van der Waals surface area contributed by atoms with Gasteiger partial charge in [-0.05, 0) is 75.0 Å². The standard InChI is InChI=1S/C18H25NO2/c1-12(19-18(14-5-6-14)15-7-8-15)2-3-13-4-9-16-17(10-13)21-11-20-16/h4,9-10,12,14-15,18-19H,2-3,5-8,11H2,1H3. The Labute approximate surface area is 127 Å². The second-order valence-corrected chi connectivity index (χ2v) is 6.99. The van der Waals surface area contributed by atoms with Crippen molar-refractivity contribution < 1.29 is 9.47 Å². The van der Waals surface area contributed by atoms with Gasteiger partial charge in [-0.25, -0.2) is 0 Å². The van der Waals surface area contributed by atoms with Gasteiger partial charge in [0.25, 0.3) is 0 Å². The molecule has 114 valence electrons. The molecule has 3 aliphatic rings. The Morgan fingerprint density at radius 3 is 2.52 bits per heavy atom. The molecule has 0 amide bonds. The van der Waals surface area contributed by atoms with Gasteiger partial charge >= 0.3 is 0 Å². The van der Waals surface area contributed by atoms with Crippen LogP contribution in [-0.2, 0) is 6.42 Å². The molecular formula is C18H25NO2. The SMILES string of the molecule is CC(CCc1ccc2c(c1)OCO2)NC(C1CC1)C1CC1. The van der Waals surface area contributed by atoms with E-state index in [9.17, 15) is 0 Å². The molecule has 1 heterocycles. The van der Waals surface area contributed by atoms with E-state index in [-0.39, 0.29) is 0 Å². The summed E-state index contributed by atoms with van der Waals surface area (Å²) < 4.78 is 10.8. The first-order valence-corrected chi connectivity index (χ1v) is 8.44. The zero-order chi connectivity index (χ0) is 14.2. The summed E-state index contributed by atoms with van der Waals surface area (Å²) in [6.45, 7) is 2.70. The third kappa shape index (κ3) is 3.18. The molecule has 0 bridgehead atoms. The highest BCUT2D eigenvalue weighted by molar-refractivity contribution is 5.44. The van der Waals surface area contributed by atoms with Gasteiger partial charge in [0.05, 0.1) is 0 Å². The molecule has 0 spiro atoms. The zero-order valence-electron chi connectivity index (χ0n) is 12.8. The van der Waals surface area contributed by atoms with Gasteiger partial charge in [-0.2, -0.15) is 0 Å². The number of fused-ring (bicyclic) bond motifs is 1. The van der Waals surface area contributed by atoms with Crippen molar-refractivity contribution in [3.63, 3.8) is 0 Å². The molecular weight excluding hydrogens is 262 g/mol. The number of rotatable bonds is 7. The molecule has 4 rings (SSSR count). The molecule has 1 aromatic carbocycles. The minimum atomic E-state index is 0.362. The van der Waals surface area contributed by atoms with E-state index in [0.717, 1.165) is 35.8 Å². The molecule has 2 saturated carbocycles. The summed E-state index contributed by atoms with van der Waals surface area (Å²) in [5, 5.41) is 3.91. The van der Waals surface area contributed by atoms with Crippen LogP contribution in [0.15, 0.2) is 18.2 Å². The quantitative estimate of drug-likeness (QED) is 0.832. The molecule has 3 heteroatoms. The Hall–Kier alpha value is -1.22. The Bertz CT molecular complexity index is 496. The fraction of sp³-hybridized carbons (Fsp3) is 0.667. The molecule has 2 fully saturated rings. The number of hydrogen-bond donors (Lipinski definition) is 1. The van der Waals surface area contributed by atoms with Crippen molar-refractivity contribution in [3.05, 3.63) is 23.8 Å². The van der Waals surface area contributed by atoms with E-state index in [1.807, 2.05) is 6.07 Å². The summed E-state index contributed by atoms with van der Waals surface area (Å²) >= 11 is 0. The maximum absolute atomic E-state index is 5.45. The summed E-state index contributed by atoms with van der Waals surface area (Å²) in [6, 6.07) is 7.74. The highest BCUT2D eigenvalue weighted by atomic mass is 16.7. The predicted molar refractivity (Wildman–Crippen MR) is 82.7 cm³/mol. The number of nitrogens with one attached hydrogen (secondary N) is 1. The van der Waals surface area contributed by atoms with Crippen molar-refractivity contribution in [1.82, 2.24) is 5.32 Å². The molecule has 0 saturated heterocycles. The largest absolute Gasteiger partial charge is 0.454 e. The first-order valence-electron chi connectivity index (χ1n) is 8.44. The van der Waals surface area contributed by atoms with Crippen LogP contribution < -0.4 is 14.8 Å². The molecule has 21 heavy (non-hydrogen) atoms. The summed E-state index contributed by atoms with van der Waals surface area (Å²) in [6.07, 6.45) is 8.08. The van der Waals surface area contributed by atoms with Gasteiger partial charge in [0.2, 0.25) is 6.79 Å². The van der Waals surface area contributed by atoms with E-state index in [0.29, 0.717) is 12.8 Å². The Morgan fingerprint density at radius 1 is 1.10 bits per heavy atom. The number of benzene rings is 1. The van der Waals surface area contributed by atoms with Gasteiger partial charge in [-0.1, -0.05) is 6.07 Å². The van der Waals surface area contributed by atoms with Crippen molar-refractivity contribution >= 4 is 0 Å². The lowest BCUT2D eigenvalue weighted by molar-refractivity contribution is 0.174. The summed E-state index contributed by atoms with van der Waals surface area (Å²) in [5.41, 5.74) is 1.35. The highest BCUT2D eigenvalue weighted by Crippen LogP contribution is 2.44. The van der Waals surface area contributed by atoms with Gasteiger partial charge in [-0.15, -0.1) is 0 Å². The second kappa shape index (κ2) is 5.53. The third-order valence-electron chi connectivity index (χ3n) is 5.04. The fourth-order valence-electron chi connectivity index (χ4n) is 3.46. The molecule has 1 unspecified atom stereocenters. The minimum Gasteiger partial charge on any atom is -0.454 e. The lowest BCUT2D eigenvalue weighted by Crippen LogP contribution is -2.39. The van der Waals surface area contributed by atoms with Gasteiger partial charge in [0.15, 0.2) is 11.5 Å². The van der Waals surface area contributed by atoms with Crippen molar-refractivity contribution in [2.45, 2.75) is 57.5 Å². The minimum absolute atomic E-state index is 0.362. The van der Waals surface area contributed by atoms with Crippen molar-refractivity contribution in [3.8, 4) is 11.5 Å². The van der Waals surface area contributed by atoms with Crippen LogP contribution in [0.4, 0.5) is 0 Å². The van der Waals surface area contributed by atoms with Crippen LogP contribution in [0.5, 0.6) is 11.5 Å². The van der Waals surface area contributed by atoms with Crippen molar-refractivity contribution in [2.75, 3.05) is 6.79 Å². The van der Waals surface area contributed by atoms with Gasteiger partial charge in [0.1, 0.15) is 0 Å². The molecule has 1 aromatic rings. The maximum Gasteiger partial charge on any atom is 0.231 e. The van der Waals surface area contributed by atoms with E-state index in [1.54, 1.807) is 0 Å². The second-order valence-electron chi connectivity index (χ2n) is 6.99. The van der Waals surface area contributed by atoms with Crippen molar-refractivity contribution in [2.24, 2.45) is 11.8 Å². The molecule has 1 aliphatic heterocycles. The first-order chi connectivity index (χ1) is 10.3. The van der Waals surface area contributed by atoms with E-state index in [1.165, 1.54) is 37.7 Å². The third-order valence-corrected chi connectivity index (χ3v) is 5.04. The molecule has 0 aromatic heterocycles. The molecule has 2 aliphatic carbocycles. The maximum atomic E-state index is 5.45. The number of aryl methyl sites for hydroxylation is 1. The van der Waals surface area contributed by atoms with E-state index < -0.39 is 0 Å². The van der Waals surface area contributed by atoms with E-state index >= 15 is 0 Å². The average Bonchev–Trinajstić information content (AvgIpc) is 3.40. The Kier molecular flexibility index (Phi) is 3.54. The van der Waals surface area contributed by atoms with Gasteiger partial charge in [0, 0.05) is 12.1 Å². The molecule has 3 nitrogen and oxygen atoms in total. The topological polar surface area (TPSA) is 30.5 Å². The fourth-order valence-corrected chi connectivity index (χ4v) is 3.46. The smallest absolute Gasteiger partial charge is 0.231 e. The van der Waals surface area contributed by atoms with Crippen LogP contribution >= 0.6 is 0 Å². The van der Waals surface area contributed by atoms with Crippen LogP contribution in [0.1, 0.15) is 44.6 Å². The number of hydrogen-bond acceptors (Lipinski definition) is 3. The summed E-state index contributed by atoms with van der Waals surface area (Å²) in [7, 11) is 0. The molecule has 1 atom stereocenters. The predicted octanol–water partition coefficient (Wildman–Crippen LogP) is 3.51. The van der Waals surface area contributed by atoms with Crippen LogP contribution in [-0.4, -0.2) is 18.9 Å². The summed E-state index contributed by atoms with van der Waals surface area (Å²) in [5.74, 6) is 3.74. The van der Waals surface area contributed by atoms with Crippen molar-refractivity contribution in [1.29, 1.82) is 0 Å². The zero-order valence-corrected chi connectivity index (χ0v) is 12.8. The normalized spacial score (nSPS) is 21.8. The first kappa shape index (κ1) is 13.4. The lowest BCUT2D eigenvalue weighted by atomic mass is 10.0. The van der Waals surface area contributed by atoms with Gasteiger partial charge in [-0.3, -0.25) is 0 Å². The lowest BCUT2D eigenvalue weighted by Gasteiger charge is -2.23. The van der Waals surface area contributed by atoms with E-state index in [2.05, 4.69) is 24.4 Å². The average molecular weight is 287 g/mol. The van der Waals surface area contributed by atoms with Crippen LogP contribution in [0, 0.1) is 11.8 Å². The highest BCUT2D eigenvalue weighted by Gasteiger charge is 2.41. The summed E-state index contributed by atoms with van der Waals surface area (Å²) in [4.78, 5) is 0. The molecule has 1 N–H and O–H groups in total. The number of ether oxygens (including phenoxy) is 2. The van der Waals surface area contributed by atoms with Crippen LogP contribution in [0.25, 0.3) is 0 Å². The monoisotopic (exact) mass is 287 g/mol. The van der Waals surface area contributed by atoms with Crippen LogP contribution in [0.2, 0.25) is 0 Å². The Morgan fingerprint density at radius 2 is 1.81 bits per heavy atom. The Balaban J connectivity index is 1.29. The van der Waals surface area contributed by atoms with E-state index in [4.69, 9.17) is 9.47 Å². The van der Waals surface area contributed by atoms with Crippen LogP contribution in [0.3, 0.4) is 0 Å². The molecule has 0 radical (unpaired) electrons.